The van der Waals surface area contributed by atoms with Crippen LogP contribution >= 0.6 is 0 Å². The number of halogens is 1. The Hall–Kier alpha value is -3.15. The van der Waals surface area contributed by atoms with Crippen LogP contribution in [0.5, 0.6) is 0 Å². The molecule has 1 aliphatic heterocycles. The highest BCUT2D eigenvalue weighted by Crippen LogP contribution is 2.27. The zero-order chi connectivity index (χ0) is 19.5. The number of H-pyrrole nitrogens is 1. The van der Waals surface area contributed by atoms with Gasteiger partial charge in [-0.1, -0.05) is 18.2 Å². The van der Waals surface area contributed by atoms with Crippen LogP contribution in [-0.4, -0.2) is 34.8 Å². The smallest absolute Gasteiger partial charge is 0.251 e. The van der Waals surface area contributed by atoms with E-state index < -0.39 is 0 Å². The number of carbonyl (C=O) groups excluding carboxylic acids is 2. The van der Waals surface area contributed by atoms with Crippen LogP contribution in [0, 0.1) is 5.82 Å². The molecular weight excluding hydrogens is 357 g/mol. The lowest BCUT2D eigenvalue weighted by molar-refractivity contribution is -0.132. The van der Waals surface area contributed by atoms with Crippen LogP contribution in [-0.2, 0) is 17.8 Å². The van der Waals surface area contributed by atoms with E-state index in [9.17, 15) is 14.0 Å². The summed E-state index contributed by atoms with van der Waals surface area (Å²) in [6.45, 7) is 1.74. The molecule has 0 unspecified atom stereocenters. The molecule has 0 spiro atoms. The van der Waals surface area contributed by atoms with Gasteiger partial charge in [-0.15, -0.1) is 0 Å². The van der Waals surface area contributed by atoms with Gasteiger partial charge in [-0.05, 0) is 36.8 Å². The quantitative estimate of drug-likeness (QED) is 0.668. The lowest BCUT2D eigenvalue weighted by atomic mass is 10.0. The topological polar surface area (TPSA) is 65.2 Å². The summed E-state index contributed by atoms with van der Waals surface area (Å²) in [5.74, 6) is -0.525. The van der Waals surface area contributed by atoms with Crippen LogP contribution in [0.25, 0.3) is 10.9 Å². The van der Waals surface area contributed by atoms with E-state index in [1.54, 1.807) is 0 Å². The number of benzene rings is 2. The average Bonchev–Trinajstić information content (AvgIpc) is 3.09. The Morgan fingerprint density at radius 3 is 2.71 bits per heavy atom. The van der Waals surface area contributed by atoms with Crippen molar-refractivity contribution in [2.75, 3.05) is 13.1 Å². The van der Waals surface area contributed by atoms with Crippen molar-refractivity contribution in [2.24, 2.45) is 0 Å². The fourth-order valence-corrected chi connectivity index (χ4v) is 3.68. The van der Waals surface area contributed by atoms with Crippen molar-refractivity contribution in [1.29, 1.82) is 0 Å². The molecule has 0 saturated carbocycles. The highest BCUT2D eigenvalue weighted by Gasteiger charge is 2.23. The minimum Gasteiger partial charge on any atom is -0.358 e. The Kier molecular flexibility index (Phi) is 5.10. The number of aromatic amines is 1. The first-order chi connectivity index (χ1) is 13.6. The molecule has 0 aliphatic carbocycles. The first-order valence-electron chi connectivity index (χ1n) is 9.52. The summed E-state index contributed by atoms with van der Waals surface area (Å²) in [5, 5.41) is 3.96. The lowest BCUT2D eigenvalue weighted by Gasteiger charge is -2.27. The van der Waals surface area contributed by atoms with Gasteiger partial charge in [-0.25, -0.2) is 4.39 Å². The van der Waals surface area contributed by atoms with Crippen molar-refractivity contribution in [2.45, 2.75) is 25.8 Å². The molecule has 0 saturated heterocycles. The first-order valence-corrected chi connectivity index (χ1v) is 9.52. The first kappa shape index (κ1) is 18.2. The largest absolute Gasteiger partial charge is 0.358 e. The molecular formula is C22H22FN3O2. The van der Waals surface area contributed by atoms with E-state index in [-0.39, 0.29) is 17.6 Å². The molecule has 1 aliphatic rings. The predicted octanol–water partition coefficient (Wildman–Crippen LogP) is 3.40. The van der Waals surface area contributed by atoms with Gasteiger partial charge in [0.25, 0.3) is 5.91 Å². The monoisotopic (exact) mass is 379 g/mol. The molecule has 1 aromatic heterocycles. The third kappa shape index (κ3) is 3.76. The van der Waals surface area contributed by atoms with Gasteiger partial charge in [0, 0.05) is 60.2 Å². The van der Waals surface area contributed by atoms with Gasteiger partial charge in [0.05, 0.1) is 0 Å². The Bertz CT molecular complexity index is 1010. The van der Waals surface area contributed by atoms with Crippen LogP contribution in [0.1, 0.15) is 34.5 Å². The molecule has 0 radical (unpaired) electrons. The van der Waals surface area contributed by atoms with E-state index in [0.29, 0.717) is 38.0 Å². The number of hydrogen-bond donors (Lipinski definition) is 2. The van der Waals surface area contributed by atoms with E-state index in [1.165, 1.54) is 40.9 Å². The van der Waals surface area contributed by atoms with Gasteiger partial charge in [-0.3, -0.25) is 9.59 Å². The molecule has 6 heteroatoms. The molecule has 2 heterocycles. The summed E-state index contributed by atoms with van der Waals surface area (Å²) in [6, 6.07) is 13.6. The highest BCUT2D eigenvalue weighted by molar-refractivity contribution is 5.94. The maximum Gasteiger partial charge on any atom is 0.251 e. The zero-order valence-electron chi connectivity index (χ0n) is 15.5. The van der Waals surface area contributed by atoms with E-state index in [1.807, 2.05) is 17.0 Å². The predicted molar refractivity (Wildman–Crippen MR) is 105 cm³/mol. The number of amides is 2. The summed E-state index contributed by atoms with van der Waals surface area (Å²) >= 11 is 0. The van der Waals surface area contributed by atoms with Gasteiger partial charge in [-0.2, -0.15) is 0 Å². The van der Waals surface area contributed by atoms with Gasteiger partial charge < -0.3 is 15.2 Å². The molecule has 3 aromatic rings. The molecule has 2 aromatic carbocycles. The summed E-state index contributed by atoms with van der Waals surface area (Å²) < 4.78 is 12.9. The third-order valence-electron chi connectivity index (χ3n) is 5.19. The number of rotatable bonds is 5. The number of nitrogens with zero attached hydrogens (tertiary/aromatic N) is 1. The van der Waals surface area contributed by atoms with E-state index in [0.717, 1.165) is 11.9 Å². The van der Waals surface area contributed by atoms with Crippen molar-refractivity contribution in [3.63, 3.8) is 0 Å². The number of fused-ring (bicyclic) bond motifs is 3. The van der Waals surface area contributed by atoms with Crippen LogP contribution < -0.4 is 5.32 Å². The number of nitrogens with one attached hydrogen (secondary N) is 2. The second-order valence-corrected chi connectivity index (χ2v) is 7.06. The second kappa shape index (κ2) is 7.84. The van der Waals surface area contributed by atoms with Crippen molar-refractivity contribution >= 4 is 22.7 Å². The SMILES string of the molecule is O=C(NCCCC(=O)N1CCc2[nH]c3ccccc3c2C1)c1ccc(F)cc1. The number of carbonyl (C=O) groups is 2. The fourth-order valence-electron chi connectivity index (χ4n) is 3.68. The molecule has 28 heavy (non-hydrogen) atoms. The van der Waals surface area contributed by atoms with Crippen molar-refractivity contribution in [3.8, 4) is 0 Å². The number of hydrogen-bond acceptors (Lipinski definition) is 2. The maximum absolute atomic E-state index is 12.9. The van der Waals surface area contributed by atoms with Crippen molar-refractivity contribution in [3.05, 3.63) is 71.2 Å². The van der Waals surface area contributed by atoms with Crippen LogP contribution in [0.2, 0.25) is 0 Å². The standard InChI is InChI=1S/C22H22FN3O2/c23-16-9-7-15(8-10-16)22(28)24-12-3-6-21(27)26-13-11-20-18(14-26)17-4-1-2-5-19(17)25-20/h1-2,4-5,7-10,25H,3,6,11-14H2,(H,24,28). The molecule has 0 fully saturated rings. The van der Waals surface area contributed by atoms with Crippen molar-refractivity contribution < 1.29 is 14.0 Å². The van der Waals surface area contributed by atoms with Crippen LogP contribution in [0.3, 0.4) is 0 Å². The Morgan fingerprint density at radius 1 is 1.11 bits per heavy atom. The number of para-hydroxylation sites is 1. The Morgan fingerprint density at radius 2 is 1.89 bits per heavy atom. The van der Waals surface area contributed by atoms with Gasteiger partial charge in [0.2, 0.25) is 5.91 Å². The summed E-state index contributed by atoms with van der Waals surface area (Å²) in [5.41, 5.74) is 3.96. The minimum absolute atomic E-state index is 0.104. The molecule has 4 rings (SSSR count). The van der Waals surface area contributed by atoms with Crippen LogP contribution in [0.15, 0.2) is 48.5 Å². The van der Waals surface area contributed by atoms with E-state index in [4.69, 9.17) is 0 Å². The average molecular weight is 379 g/mol. The van der Waals surface area contributed by atoms with Crippen molar-refractivity contribution in [1.82, 2.24) is 15.2 Å². The second-order valence-electron chi connectivity index (χ2n) is 7.06. The van der Waals surface area contributed by atoms with Crippen LogP contribution in [0.4, 0.5) is 4.39 Å². The molecule has 0 atom stereocenters. The molecule has 144 valence electrons. The maximum atomic E-state index is 12.9. The van der Waals surface area contributed by atoms with E-state index in [2.05, 4.69) is 22.4 Å². The fraction of sp³-hybridized carbons (Fsp3) is 0.273. The normalized spacial score (nSPS) is 13.4. The third-order valence-corrected chi connectivity index (χ3v) is 5.19. The van der Waals surface area contributed by atoms with E-state index >= 15 is 0 Å². The molecule has 0 bridgehead atoms. The number of aromatic nitrogens is 1. The lowest BCUT2D eigenvalue weighted by Crippen LogP contribution is -2.36. The van der Waals surface area contributed by atoms with Gasteiger partial charge in [0.1, 0.15) is 5.82 Å². The summed E-state index contributed by atoms with van der Waals surface area (Å²) in [4.78, 5) is 29.9. The minimum atomic E-state index is -0.373. The summed E-state index contributed by atoms with van der Waals surface area (Å²) in [7, 11) is 0. The van der Waals surface area contributed by atoms with Gasteiger partial charge in [0.15, 0.2) is 0 Å². The molecule has 2 amide bonds. The Balaban J connectivity index is 1.28. The highest BCUT2D eigenvalue weighted by atomic mass is 19.1. The zero-order valence-corrected chi connectivity index (χ0v) is 15.5. The molecule has 5 nitrogen and oxygen atoms in total. The summed E-state index contributed by atoms with van der Waals surface area (Å²) in [6.07, 6.45) is 1.79. The van der Waals surface area contributed by atoms with Gasteiger partial charge >= 0.3 is 0 Å². The Labute approximate surface area is 162 Å². The molecule has 2 N–H and O–H groups in total.